The van der Waals surface area contributed by atoms with Gasteiger partial charge < -0.3 is 10.5 Å². The van der Waals surface area contributed by atoms with Crippen LogP contribution in [0, 0.1) is 0 Å². The van der Waals surface area contributed by atoms with E-state index in [1.807, 2.05) is 0 Å². The van der Waals surface area contributed by atoms with Crippen LogP contribution in [0.1, 0.15) is 12.8 Å². The maximum Gasteiger partial charge on any atom is 0.333 e. The number of primary amides is 1. The van der Waals surface area contributed by atoms with Crippen LogP contribution in [-0.4, -0.2) is 43.5 Å². The van der Waals surface area contributed by atoms with Crippen LogP contribution in [0.25, 0.3) is 28.2 Å². The quantitative estimate of drug-likeness (QED) is 0.399. The van der Waals surface area contributed by atoms with Crippen molar-refractivity contribution in [1.82, 2.24) is 18.7 Å². The molecule has 0 unspecified atom stereocenters. The van der Waals surface area contributed by atoms with E-state index in [-0.39, 0.29) is 49.6 Å². The largest absolute Gasteiger partial charge is 0.381 e. The van der Waals surface area contributed by atoms with E-state index < -0.39 is 29.4 Å². The van der Waals surface area contributed by atoms with Crippen LogP contribution in [0.3, 0.4) is 0 Å². The van der Waals surface area contributed by atoms with Gasteiger partial charge in [0.1, 0.15) is 18.0 Å². The van der Waals surface area contributed by atoms with E-state index in [1.54, 1.807) is 48.5 Å². The Balaban J connectivity index is 1.90. The van der Waals surface area contributed by atoms with Crippen molar-refractivity contribution in [3.8, 4) is 17.1 Å². The number of carbonyl (C=O) groups is 1. The topological polar surface area (TPSA) is 114 Å². The summed E-state index contributed by atoms with van der Waals surface area (Å²) in [6, 6.07) is 13.5. The van der Waals surface area contributed by atoms with Crippen molar-refractivity contribution in [2.24, 2.45) is 5.73 Å². The highest BCUT2D eigenvalue weighted by Gasteiger charge is 2.35. The molecule has 3 heterocycles. The molecule has 1 fully saturated rings. The molecule has 4 aromatic rings. The molecule has 1 saturated heterocycles. The predicted molar refractivity (Wildman–Crippen MR) is 138 cm³/mol. The lowest BCUT2D eigenvalue weighted by molar-refractivity contribution is -0.118. The zero-order chi connectivity index (χ0) is 26.3. The van der Waals surface area contributed by atoms with Crippen LogP contribution < -0.4 is 17.0 Å². The second kappa shape index (κ2) is 9.77. The number of hydrogen-bond acceptors (Lipinski definition) is 5. The van der Waals surface area contributed by atoms with Gasteiger partial charge in [0.25, 0.3) is 5.56 Å². The molecule has 1 aliphatic rings. The summed E-state index contributed by atoms with van der Waals surface area (Å²) in [6.07, 6.45) is 0.121. The van der Waals surface area contributed by atoms with Crippen LogP contribution in [0.15, 0.2) is 58.1 Å². The van der Waals surface area contributed by atoms with Crippen LogP contribution in [0.5, 0.6) is 0 Å². The zero-order valence-corrected chi connectivity index (χ0v) is 21.0. The zero-order valence-electron chi connectivity index (χ0n) is 19.5. The number of nitrogens with zero attached hydrogens (tertiary/aromatic N) is 4. The summed E-state index contributed by atoms with van der Waals surface area (Å²) in [5.74, 6) is -0.639. The molecule has 2 aromatic carbocycles. The second-order valence-electron chi connectivity index (χ2n) is 8.89. The van der Waals surface area contributed by atoms with Crippen molar-refractivity contribution in [1.29, 1.82) is 0 Å². The average Bonchev–Trinajstić information content (AvgIpc) is 3.26. The van der Waals surface area contributed by atoms with Gasteiger partial charge in [-0.2, -0.15) is 0 Å². The molecule has 2 aromatic heterocycles. The highest BCUT2D eigenvalue weighted by molar-refractivity contribution is 6.33. The van der Waals surface area contributed by atoms with E-state index >= 15 is 4.39 Å². The van der Waals surface area contributed by atoms with Gasteiger partial charge in [-0.15, -0.1) is 0 Å². The molecule has 0 spiro atoms. The van der Waals surface area contributed by atoms with Gasteiger partial charge >= 0.3 is 5.69 Å². The summed E-state index contributed by atoms with van der Waals surface area (Å²) in [5, 5.41) is 0.820. The van der Waals surface area contributed by atoms with Crippen molar-refractivity contribution < 1.29 is 13.9 Å². The van der Waals surface area contributed by atoms with Crippen LogP contribution in [-0.2, 0) is 22.6 Å². The molecule has 0 aliphatic carbocycles. The minimum absolute atomic E-state index is 0.0336. The van der Waals surface area contributed by atoms with Crippen molar-refractivity contribution in [2.45, 2.75) is 31.6 Å². The Hall–Kier alpha value is -3.47. The lowest BCUT2D eigenvalue weighted by atomic mass is 9.96. The number of imidazole rings is 1. The standard InChI is InChI=1S/C25H22Cl2FN5O4/c26-15-5-7-16(8-6-15)33-20-22(30-21(33)17-3-1-2-4-18(17)27)32(14-25(28)9-11-37-12-10-25)24(36)31(23(20)35)13-19(29)34/h1-8H,9-14H2,(H2,29,34). The Labute approximate surface area is 219 Å². The molecule has 1 amide bonds. The highest BCUT2D eigenvalue weighted by Crippen LogP contribution is 2.33. The molecule has 0 atom stereocenters. The Morgan fingerprint density at radius 2 is 1.73 bits per heavy atom. The van der Waals surface area contributed by atoms with Crippen LogP contribution in [0.4, 0.5) is 4.39 Å². The number of alkyl halides is 1. The minimum atomic E-state index is -1.78. The first-order chi connectivity index (χ1) is 17.7. The first-order valence-electron chi connectivity index (χ1n) is 11.5. The van der Waals surface area contributed by atoms with Gasteiger partial charge in [0.2, 0.25) is 5.91 Å². The first kappa shape index (κ1) is 25.2. The van der Waals surface area contributed by atoms with Crippen molar-refractivity contribution in [2.75, 3.05) is 13.2 Å². The van der Waals surface area contributed by atoms with Crippen LogP contribution in [0.2, 0.25) is 10.0 Å². The smallest absolute Gasteiger partial charge is 0.333 e. The van der Waals surface area contributed by atoms with E-state index in [4.69, 9.17) is 33.7 Å². The molecule has 5 rings (SSSR count). The Bertz CT molecular complexity index is 1620. The third kappa shape index (κ3) is 4.68. The number of fused-ring (bicyclic) bond motifs is 1. The summed E-state index contributed by atoms with van der Waals surface area (Å²) < 4.78 is 24.4. The van der Waals surface area contributed by atoms with Crippen molar-refractivity contribution >= 4 is 40.3 Å². The van der Waals surface area contributed by atoms with Gasteiger partial charge in [0.15, 0.2) is 11.2 Å². The number of rotatable bonds is 6. The molecule has 0 bridgehead atoms. The number of benzene rings is 2. The van der Waals surface area contributed by atoms with Crippen molar-refractivity contribution in [3.05, 3.63) is 79.4 Å². The maximum absolute atomic E-state index is 15.8. The summed E-state index contributed by atoms with van der Waals surface area (Å²) in [5.41, 5.74) is 2.81. The normalized spacial score (nSPS) is 15.2. The lowest BCUT2D eigenvalue weighted by Crippen LogP contribution is -2.47. The first-order valence-corrected chi connectivity index (χ1v) is 12.3. The molecular weight excluding hydrogens is 524 g/mol. The molecule has 37 heavy (non-hydrogen) atoms. The number of aromatic nitrogens is 4. The molecule has 1 aliphatic heterocycles. The number of carbonyl (C=O) groups excluding carboxylic acids is 1. The lowest BCUT2D eigenvalue weighted by Gasteiger charge is -2.30. The minimum Gasteiger partial charge on any atom is -0.381 e. The maximum atomic E-state index is 15.8. The SMILES string of the molecule is NC(=O)Cn1c(=O)c2c(nc(-c3ccccc3Cl)n2-c2ccc(Cl)cc2)n(CC2(F)CCOCC2)c1=O. The summed E-state index contributed by atoms with van der Waals surface area (Å²) in [4.78, 5) is 43.7. The molecule has 9 nitrogen and oxygen atoms in total. The monoisotopic (exact) mass is 545 g/mol. The van der Waals surface area contributed by atoms with E-state index in [0.29, 0.717) is 25.9 Å². The highest BCUT2D eigenvalue weighted by atomic mass is 35.5. The number of nitrogens with two attached hydrogens (primary N) is 1. The summed E-state index contributed by atoms with van der Waals surface area (Å²) in [6.45, 7) is -0.674. The summed E-state index contributed by atoms with van der Waals surface area (Å²) in [7, 11) is 0. The van der Waals surface area contributed by atoms with Gasteiger partial charge in [-0.1, -0.05) is 35.3 Å². The van der Waals surface area contributed by atoms with Gasteiger partial charge in [-0.3, -0.25) is 18.7 Å². The fourth-order valence-corrected chi connectivity index (χ4v) is 4.87. The van der Waals surface area contributed by atoms with E-state index in [1.165, 1.54) is 4.57 Å². The number of ether oxygens (including phenoxy) is 1. The summed E-state index contributed by atoms with van der Waals surface area (Å²) >= 11 is 12.6. The molecule has 0 radical (unpaired) electrons. The fourth-order valence-electron chi connectivity index (χ4n) is 4.52. The van der Waals surface area contributed by atoms with Gasteiger partial charge in [0.05, 0.1) is 11.6 Å². The molecule has 192 valence electrons. The van der Waals surface area contributed by atoms with Gasteiger partial charge in [0, 0.05) is 42.3 Å². The predicted octanol–water partition coefficient (Wildman–Crippen LogP) is 3.33. The van der Waals surface area contributed by atoms with Gasteiger partial charge in [-0.05, 0) is 36.4 Å². The van der Waals surface area contributed by atoms with E-state index in [0.717, 1.165) is 4.57 Å². The molecule has 12 heteroatoms. The average molecular weight is 546 g/mol. The number of halogens is 3. The number of amides is 1. The van der Waals surface area contributed by atoms with Gasteiger partial charge in [-0.25, -0.2) is 18.7 Å². The van der Waals surface area contributed by atoms with Crippen molar-refractivity contribution in [3.63, 3.8) is 0 Å². The Kier molecular flexibility index (Phi) is 6.65. The van der Waals surface area contributed by atoms with E-state index in [9.17, 15) is 14.4 Å². The third-order valence-electron chi connectivity index (χ3n) is 6.37. The molecule has 2 N–H and O–H groups in total. The Morgan fingerprint density at radius 1 is 1.05 bits per heavy atom. The number of hydrogen-bond donors (Lipinski definition) is 1. The molecular formula is C25H22Cl2FN5O4. The second-order valence-corrected chi connectivity index (χ2v) is 9.73. The van der Waals surface area contributed by atoms with Crippen LogP contribution >= 0.6 is 23.2 Å². The third-order valence-corrected chi connectivity index (χ3v) is 6.95. The fraction of sp³-hybridized carbons (Fsp3) is 0.280. The molecule has 0 saturated carbocycles. The Morgan fingerprint density at radius 3 is 2.38 bits per heavy atom. The van der Waals surface area contributed by atoms with E-state index in [2.05, 4.69) is 4.98 Å².